The van der Waals surface area contributed by atoms with Crippen molar-refractivity contribution in [3.05, 3.63) is 64.4 Å². The van der Waals surface area contributed by atoms with Crippen LogP contribution in [0.4, 0.5) is 0 Å². The summed E-state index contributed by atoms with van der Waals surface area (Å²) in [5, 5.41) is 13.9. The molecule has 0 spiro atoms. The molecule has 8 heteroatoms. The van der Waals surface area contributed by atoms with Gasteiger partial charge in [0.15, 0.2) is 5.82 Å². The van der Waals surface area contributed by atoms with E-state index in [4.69, 9.17) is 26.2 Å². The summed E-state index contributed by atoms with van der Waals surface area (Å²) in [7, 11) is 0. The van der Waals surface area contributed by atoms with E-state index < -0.39 is 5.97 Å². The van der Waals surface area contributed by atoms with E-state index >= 15 is 0 Å². The van der Waals surface area contributed by atoms with Gasteiger partial charge in [-0.2, -0.15) is 9.78 Å². The van der Waals surface area contributed by atoms with Crippen LogP contribution in [0.3, 0.4) is 0 Å². The van der Waals surface area contributed by atoms with Gasteiger partial charge in [0, 0.05) is 24.2 Å². The summed E-state index contributed by atoms with van der Waals surface area (Å²) in [5.41, 5.74) is 2.17. The largest absolute Gasteiger partial charge is 0.491 e. The number of rotatable bonds is 5. The highest BCUT2D eigenvalue weighted by molar-refractivity contribution is 6.32. The highest BCUT2D eigenvalue weighted by Gasteiger charge is 2.20. The molecule has 0 saturated heterocycles. The molecule has 0 aliphatic carbocycles. The van der Waals surface area contributed by atoms with Crippen molar-refractivity contribution in [1.82, 2.24) is 14.8 Å². The molecule has 0 atom stereocenters. The number of hydrogen-bond donors (Lipinski definition) is 1. The second-order valence-corrected chi connectivity index (χ2v) is 6.10. The van der Waals surface area contributed by atoms with E-state index in [0.717, 1.165) is 23.3 Å². The molecule has 2 aromatic heterocycles. The molecule has 0 fully saturated rings. The van der Waals surface area contributed by atoms with Crippen LogP contribution in [0.5, 0.6) is 11.6 Å². The van der Waals surface area contributed by atoms with Crippen LogP contribution in [0.25, 0.3) is 5.82 Å². The number of benzene rings is 1. The van der Waals surface area contributed by atoms with Gasteiger partial charge in [-0.3, -0.25) is 0 Å². The quantitative estimate of drug-likeness (QED) is 0.741. The Bertz CT molecular complexity index is 986. The highest BCUT2D eigenvalue weighted by atomic mass is 35.5. The van der Waals surface area contributed by atoms with Crippen LogP contribution in [0.1, 0.15) is 21.5 Å². The van der Waals surface area contributed by atoms with Gasteiger partial charge in [0.1, 0.15) is 12.4 Å². The predicted molar refractivity (Wildman–Crippen MR) is 93.3 cm³/mol. The van der Waals surface area contributed by atoms with Crippen molar-refractivity contribution in [2.45, 2.75) is 13.0 Å². The van der Waals surface area contributed by atoms with E-state index in [2.05, 4.69) is 10.1 Å². The number of halogens is 1. The number of carbonyl (C=O) groups is 1. The van der Waals surface area contributed by atoms with Crippen molar-refractivity contribution in [1.29, 1.82) is 0 Å². The van der Waals surface area contributed by atoms with Crippen LogP contribution < -0.4 is 9.47 Å². The maximum Gasteiger partial charge on any atom is 0.335 e. The Hall–Kier alpha value is -3.06. The molecule has 1 N–H and O–H groups in total. The third-order valence-corrected chi connectivity index (χ3v) is 4.40. The molecule has 26 heavy (non-hydrogen) atoms. The van der Waals surface area contributed by atoms with Crippen LogP contribution in [-0.2, 0) is 13.0 Å². The molecule has 132 valence electrons. The van der Waals surface area contributed by atoms with Crippen molar-refractivity contribution < 1.29 is 19.4 Å². The summed E-state index contributed by atoms with van der Waals surface area (Å²) in [4.78, 5) is 15.3. The van der Waals surface area contributed by atoms with E-state index in [9.17, 15) is 4.79 Å². The maximum absolute atomic E-state index is 11.1. The Morgan fingerprint density at radius 3 is 3.04 bits per heavy atom. The lowest BCUT2D eigenvalue weighted by Gasteiger charge is -2.11. The summed E-state index contributed by atoms with van der Waals surface area (Å²) in [6.07, 6.45) is 3.78. The van der Waals surface area contributed by atoms with Crippen molar-refractivity contribution in [3.63, 3.8) is 0 Å². The molecule has 3 aromatic rings. The number of hydrogen-bond acceptors (Lipinski definition) is 5. The average molecular weight is 372 g/mol. The minimum Gasteiger partial charge on any atom is -0.491 e. The predicted octanol–water partition coefficient (Wildman–Crippen LogP) is 3.13. The van der Waals surface area contributed by atoms with Crippen LogP contribution >= 0.6 is 11.6 Å². The van der Waals surface area contributed by atoms with E-state index in [1.54, 1.807) is 18.3 Å². The van der Waals surface area contributed by atoms with Gasteiger partial charge < -0.3 is 14.6 Å². The summed E-state index contributed by atoms with van der Waals surface area (Å²) < 4.78 is 12.9. The zero-order valence-corrected chi connectivity index (χ0v) is 14.3. The maximum atomic E-state index is 11.1. The van der Waals surface area contributed by atoms with E-state index in [0.29, 0.717) is 29.9 Å². The Balaban J connectivity index is 1.58. The van der Waals surface area contributed by atoms with Crippen molar-refractivity contribution in [2.75, 3.05) is 6.61 Å². The van der Waals surface area contributed by atoms with Gasteiger partial charge in [0.2, 0.25) is 5.88 Å². The monoisotopic (exact) mass is 371 g/mol. The Morgan fingerprint density at radius 1 is 1.31 bits per heavy atom. The molecule has 4 rings (SSSR count). The first kappa shape index (κ1) is 16.4. The molecule has 3 heterocycles. The van der Waals surface area contributed by atoms with Crippen LogP contribution in [-0.4, -0.2) is 32.4 Å². The number of pyridine rings is 1. The number of nitrogens with zero attached hydrogens (tertiary/aromatic N) is 3. The van der Waals surface area contributed by atoms with Gasteiger partial charge in [-0.05, 0) is 23.8 Å². The Morgan fingerprint density at radius 2 is 2.19 bits per heavy atom. The van der Waals surface area contributed by atoms with Gasteiger partial charge in [-0.25, -0.2) is 9.78 Å². The number of carboxylic acid groups (broad SMARTS) is 1. The summed E-state index contributed by atoms with van der Waals surface area (Å²) in [5.74, 6) is 0.523. The van der Waals surface area contributed by atoms with Crippen molar-refractivity contribution in [3.8, 4) is 17.4 Å². The normalized spacial score (nSPS) is 12.5. The van der Waals surface area contributed by atoms with Crippen LogP contribution in [0.2, 0.25) is 5.02 Å². The number of carboxylic acids is 1. The molecule has 7 nitrogen and oxygen atoms in total. The average Bonchev–Trinajstić information content (AvgIpc) is 3.31. The Kier molecular flexibility index (Phi) is 4.22. The Labute approximate surface area is 153 Å². The van der Waals surface area contributed by atoms with Gasteiger partial charge in [0.05, 0.1) is 23.4 Å². The third-order valence-electron chi connectivity index (χ3n) is 4.10. The smallest absolute Gasteiger partial charge is 0.335 e. The molecule has 1 aromatic carbocycles. The molecule has 0 bridgehead atoms. The topological polar surface area (TPSA) is 86.5 Å². The molecule has 0 radical (unpaired) electrons. The highest BCUT2D eigenvalue weighted by Crippen LogP contribution is 2.36. The molecule has 1 aliphatic heterocycles. The number of ether oxygens (including phenoxy) is 2. The van der Waals surface area contributed by atoms with Crippen molar-refractivity contribution in [2.24, 2.45) is 0 Å². The lowest BCUT2D eigenvalue weighted by atomic mass is 10.1. The van der Waals surface area contributed by atoms with Gasteiger partial charge >= 0.3 is 5.97 Å². The minimum atomic E-state index is -1.03. The first-order valence-electron chi connectivity index (χ1n) is 7.93. The third kappa shape index (κ3) is 2.97. The second-order valence-electron chi connectivity index (χ2n) is 5.69. The lowest BCUT2D eigenvalue weighted by Crippen LogP contribution is -2.07. The zero-order valence-electron chi connectivity index (χ0n) is 13.6. The number of aromatic nitrogens is 3. The molecule has 0 unspecified atom stereocenters. The molecule has 0 saturated carbocycles. The van der Waals surface area contributed by atoms with E-state index in [1.165, 1.54) is 23.0 Å². The fraction of sp³-hybridized carbons (Fsp3) is 0.167. The van der Waals surface area contributed by atoms with Crippen molar-refractivity contribution >= 4 is 17.6 Å². The number of fused-ring (bicyclic) bond motifs is 1. The van der Waals surface area contributed by atoms with E-state index in [-0.39, 0.29) is 5.56 Å². The van der Waals surface area contributed by atoms with E-state index in [1.807, 2.05) is 6.07 Å². The fourth-order valence-corrected chi connectivity index (χ4v) is 3.08. The molecular weight excluding hydrogens is 358 g/mol. The van der Waals surface area contributed by atoms with Crippen LogP contribution in [0, 0.1) is 0 Å². The molecule has 1 aliphatic rings. The van der Waals surface area contributed by atoms with Gasteiger partial charge in [0.25, 0.3) is 0 Å². The van der Waals surface area contributed by atoms with Gasteiger partial charge in [-0.1, -0.05) is 17.7 Å². The lowest BCUT2D eigenvalue weighted by molar-refractivity contribution is 0.0696. The fourth-order valence-electron chi connectivity index (χ4n) is 2.85. The summed E-state index contributed by atoms with van der Waals surface area (Å²) in [6.45, 7) is 0.920. The first-order chi connectivity index (χ1) is 12.6. The standard InChI is InChI=1S/C18H14ClN3O4/c19-14-2-1-12(13-5-8-25-17(13)14)10-26-16-4-7-21-22(16)15-9-11(18(23)24)3-6-20-15/h1-4,6-7,9H,5,8,10H2,(H,23,24). The minimum absolute atomic E-state index is 0.129. The number of aromatic carboxylic acids is 1. The second kappa shape index (κ2) is 6.68. The SMILES string of the molecule is O=C(O)c1ccnc(-n2nccc2OCc2ccc(Cl)c3c2CCO3)c1. The van der Waals surface area contributed by atoms with Gasteiger partial charge in [-0.15, -0.1) is 0 Å². The molecule has 0 amide bonds. The van der Waals surface area contributed by atoms with Crippen LogP contribution in [0.15, 0.2) is 42.7 Å². The first-order valence-corrected chi connectivity index (χ1v) is 8.31. The molecular formula is C18H14ClN3O4. The summed E-state index contributed by atoms with van der Waals surface area (Å²) >= 11 is 6.15. The zero-order chi connectivity index (χ0) is 18.1. The summed E-state index contributed by atoms with van der Waals surface area (Å²) in [6, 6.07) is 8.27.